The zero-order valence-corrected chi connectivity index (χ0v) is 10.8. The first-order valence-electron chi connectivity index (χ1n) is 6.93. The fourth-order valence-corrected chi connectivity index (χ4v) is 3.25. The van der Waals surface area contributed by atoms with Gasteiger partial charge >= 0.3 is 0 Å². The molecular weight excluding hydrogens is 234 g/mol. The molecule has 1 fully saturated rings. The monoisotopic (exact) mass is 251 g/mol. The minimum Gasteiger partial charge on any atom is -0.363 e. The Balaban J connectivity index is 1.63. The van der Waals surface area contributed by atoms with E-state index in [0.717, 1.165) is 13.0 Å². The van der Waals surface area contributed by atoms with E-state index in [4.69, 9.17) is 4.74 Å². The summed E-state index contributed by atoms with van der Waals surface area (Å²) < 4.78 is 6.36. The summed E-state index contributed by atoms with van der Waals surface area (Å²) in [6.07, 6.45) is 1.45. The topological polar surface area (TPSA) is 21.3 Å². The van der Waals surface area contributed by atoms with Crippen molar-refractivity contribution >= 4 is 0 Å². The van der Waals surface area contributed by atoms with Gasteiger partial charge in [-0.05, 0) is 23.1 Å². The molecule has 0 bridgehead atoms. The molecule has 19 heavy (non-hydrogen) atoms. The molecule has 0 radical (unpaired) electrons. The highest BCUT2D eigenvalue weighted by molar-refractivity contribution is 5.37. The Morgan fingerprint density at radius 2 is 1.74 bits per heavy atom. The number of rotatable bonds is 1. The molecule has 0 aromatic heterocycles. The third-order valence-corrected chi connectivity index (χ3v) is 4.21. The molecular formula is C17H17NO. The highest BCUT2D eigenvalue weighted by Crippen LogP contribution is 2.40. The number of hydrogen-bond donors (Lipinski definition) is 1. The number of ether oxygens (including phenoxy) is 1. The predicted molar refractivity (Wildman–Crippen MR) is 74.9 cm³/mol. The van der Waals surface area contributed by atoms with Crippen molar-refractivity contribution in [3.8, 4) is 0 Å². The van der Waals surface area contributed by atoms with Crippen LogP contribution < -0.4 is 5.32 Å². The zero-order valence-electron chi connectivity index (χ0n) is 10.8. The fraction of sp³-hybridized carbons (Fsp3) is 0.294. The van der Waals surface area contributed by atoms with Gasteiger partial charge in [-0.1, -0.05) is 54.6 Å². The van der Waals surface area contributed by atoms with E-state index in [1.165, 1.54) is 16.7 Å². The first-order valence-corrected chi connectivity index (χ1v) is 6.93. The normalized spacial score (nSPS) is 28.7. The van der Waals surface area contributed by atoms with Crippen molar-refractivity contribution in [3.63, 3.8) is 0 Å². The molecule has 2 heteroatoms. The van der Waals surface area contributed by atoms with E-state index in [-0.39, 0.29) is 12.2 Å². The van der Waals surface area contributed by atoms with Crippen molar-refractivity contribution in [1.82, 2.24) is 5.32 Å². The van der Waals surface area contributed by atoms with Gasteiger partial charge in [0.15, 0.2) is 0 Å². The highest BCUT2D eigenvalue weighted by Gasteiger charge is 2.38. The summed E-state index contributed by atoms with van der Waals surface area (Å²) in [5.41, 5.74) is 4.05. The molecule has 3 unspecified atom stereocenters. The molecule has 3 atom stereocenters. The number of hydrogen-bond acceptors (Lipinski definition) is 2. The second-order valence-electron chi connectivity index (χ2n) is 5.37. The van der Waals surface area contributed by atoms with Crippen LogP contribution in [-0.2, 0) is 11.2 Å². The van der Waals surface area contributed by atoms with E-state index in [1.54, 1.807) is 0 Å². The van der Waals surface area contributed by atoms with Crippen molar-refractivity contribution in [2.45, 2.75) is 24.7 Å². The van der Waals surface area contributed by atoms with Crippen molar-refractivity contribution < 1.29 is 4.74 Å². The third kappa shape index (κ3) is 1.88. The Hall–Kier alpha value is -1.64. The molecule has 1 heterocycles. The number of fused-ring (bicyclic) bond motifs is 3. The molecule has 2 aromatic carbocycles. The summed E-state index contributed by atoms with van der Waals surface area (Å²) in [6.45, 7) is 0.902. The van der Waals surface area contributed by atoms with Gasteiger partial charge in [0.25, 0.3) is 0 Å². The predicted octanol–water partition coefficient (Wildman–Crippen LogP) is 3.01. The van der Waals surface area contributed by atoms with Crippen LogP contribution in [0.2, 0.25) is 0 Å². The van der Waals surface area contributed by atoms with Crippen LogP contribution in [-0.4, -0.2) is 12.6 Å². The molecule has 0 saturated carbocycles. The fourth-order valence-electron chi connectivity index (χ4n) is 3.25. The summed E-state index contributed by atoms with van der Waals surface area (Å²) in [4.78, 5) is 0. The van der Waals surface area contributed by atoms with E-state index in [1.807, 2.05) is 6.07 Å². The maximum absolute atomic E-state index is 6.36. The molecule has 1 aliphatic carbocycles. The molecule has 1 N–H and O–H groups in total. The molecule has 4 rings (SSSR count). The van der Waals surface area contributed by atoms with Crippen LogP contribution in [0.3, 0.4) is 0 Å². The van der Waals surface area contributed by atoms with Crippen LogP contribution in [0.15, 0.2) is 54.6 Å². The van der Waals surface area contributed by atoms with Gasteiger partial charge in [-0.2, -0.15) is 0 Å². The maximum Gasteiger partial charge on any atom is 0.0992 e. The van der Waals surface area contributed by atoms with Crippen molar-refractivity contribution in [2.24, 2.45) is 0 Å². The second kappa shape index (κ2) is 4.48. The van der Waals surface area contributed by atoms with Gasteiger partial charge in [0.05, 0.1) is 12.2 Å². The lowest BCUT2D eigenvalue weighted by Crippen LogP contribution is -2.43. The second-order valence-corrected chi connectivity index (χ2v) is 5.37. The minimum atomic E-state index is 0.161. The summed E-state index contributed by atoms with van der Waals surface area (Å²) in [6, 6.07) is 19.6. The quantitative estimate of drug-likeness (QED) is 0.841. The van der Waals surface area contributed by atoms with Crippen molar-refractivity contribution in [1.29, 1.82) is 0 Å². The highest BCUT2D eigenvalue weighted by atomic mass is 16.5. The lowest BCUT2D eigenvalue weighted by atomic mass is 10.0. The van der Waals surface area contributed by atoms with Crippen LogP contribution in [0.4, 0.5) is 0 Å². The van der Waals surface area contributed by atoms with Crippen LogP contribution in [0, 0.1) is 0 Å². The molecule has 0 spiro atoms. The van der Waals surface area contributed by atoms with Crippen LogP contribution >= 0.6 is 0 Å². The molecule has 2 nitrogen and oxygen atoms in total. The first kappa shape index (κ1) is 11.2. The Morgan fingerprint density at radius 1 is 0.947 bits per heavy atom. The Morgan fingerprint density at radius 3 is 2.63 bits per heavy atom. The van der Waals surface area contributed by atoms with Crippen molar-refractivity contribution in [3.05, 3.63) is 71.3 Å². The van der Waals surface area contributed by atoms with Gasteiger partial charge in [0, 0.05) is 12.6 Å². The number of nitrogens with one attached hydrogen (secondary N) is 1. The number of morpholine rings is 1. The molecule has 2 aromatic rings. The molecule has 0 amide bonds. The minimum absolute atomic E-state index is 0.161. The Bertz CT molecular complexity index is 581. The molecule has 1 aliphatic heterocycles. The summed E-state index contributed by atoms with van der Waals surface area (Å²) >= 11 is 0. The summed E-state index contributed by atoms with van der Waals surface area (Å²) in [7, 11) is 0. The number of benzene rings is 2. The van der Waals surface area contributed by atoms with Gasteiger partial charge in [-0.15, -0.1) is 0 Å². The molecule has 2 aliphatic rings. The van der Waals surface area contributed by atoms with Crippen LogP contribution in [0.5, 0.6) is 0 Å². The molecule has 1 saturated heterocycles. The van der Waals surface area contributed by atoms with Crippen LogP contribution in [0.1, 0.15) is 28.9 Å². The first-order chi connectivity index (χ1) is 9.42. The third-order valence-electron chi connectivity index (χ3n) is 4.21. The lowest BCUT2D eigenvalue weighted by molar-refractivity contribution is -0.0601. The summed E-state index contributed by atoms with van der Waals surface area (Å²) in [5.74, 6) is 0. The van der Waals surface area contributed by atoms with Crippen LogP contribution in [0.25, 0.3) is 0 Å². The van der Waals surface area contributed by atoms with Gasteiger partial charge in [-0.25, -0.2) is 0 Å². The zero-order chi connectivity index (χ0) is 12.7. The molecule has 96 valence electrons. The maximum atomic E-state index is 6.36. The van der Waals surface area contributed by atoms with Crippen molar-refractivity contribution in [2.75, 3.05) is 6.54 Å². The Labute approximate surface area is 113 Å². The SMILES string of the molecule is c1ccc(C2CNC3Cc4ccccc4C3O2)cc1. The largest absolute Gasteiger partial charge is 0.363 e. The van der Waals surface area contributed by atoms with Gasteiger partial charge < -0.3 is 10.1 Å². The van der Waals surface area contributed by atoms with Gasteiger partial charge in [-0.3, -0.25) is 0 Å². The standard InChI is InChI=1S/C17H17NO/c1-2-6-12(7-3-1)16-11-18-15-10-13-8-4-5-9-14(13)17(15)19-16/h1-9,15-18H,10-11H2. The average molecular weight is 251 g/mol. The van der Waals surface area contributed by atoms with E-state index in [0.29, 0.717) is 6.04 Å². The Kier molecular flexibility index (Phi) is 2.64. The van der Waals surface area contributed by atoms with E-state index in [9.17, 15) is 0 Å². The lowest BCUT2D eigenvalue weighted by Gasteiger charge is -2.34. The average Bonchev–Trinajstić information content (AvgIpc) is 2.86. The summed E-state index contributed by atoms with van der Waals surface area (Å²) in [5, 5.41) is 3.65. The van der Waals surface area contributed by atoms with E-state index >= 15 is 0 Å². The van der Waals surface area contributed by atoms with E-state index in [2.05, 4.69) is 53.8 Å². The van der Waals surface area contributed by atoms with Gasteiger partial charge in [0.2, 0.25) is 0 Å². The smallest absolute Gasteiger partial charge is 0.0992 e. The van der Waals surface area contributed by atoms with Gasteiger partial charge in [0.1, 0.15) is 0 Å². The van der Waals surface area contributed by atoms with E-state index < -0.39 is 0 Å².